The van der Waals surface area contributed by atoms with E-state index < -0.39 is 24.2 Å². The van der Waals surface area contributed by atoms with Gasteiger partial charge in [-0.05, 0) is 29.8 Å². The highest BCUT2D eigenvalue weighted by Crippen LogP contribution is 2.43. The molecule has 150 valence electrons. The lowest BCUT2D eigenvalue weighted by Crippen LogP contribution is -2.35. The zero-order valence-corrected chi connectivity index (χ0v) is 15.6. The van der Waals surface area contributed by atoms with Crippen molar-refractivity contribution in [3.63, 3.8) is 0 Å². The van der Waals surface area contributed by atoms with Crippen LogP contribution in [-0.2, 0) is 0 Å². The predicted molar refractivity (Wildman–Crippen MR) is 102 cm³/mol. The minimum atomic E-state index is -4.52. The average molecular weight is 422 g/mol. The first-order valence-corrected chi connectivity index (χ1v) is 9.09. The number of benzene rings is 1. The van der Waals surface area contributed by atoms with Crippen LogP contribution in [-0.4, -0.2) is 26.8 Å². The van der Waals surface area contributed by atoms with Crippen LogP contribution in [0, 0.1) is 0 Å². The van der Waals surface area contributed by atoms with E-state index in [0.717, 1.165) is 4.68 Å². The van der Waals surface area contributed by atoms with Crippen molar-refractivity contribution < 1.29 is 18.0 Å². The van der Waals surface area contributed by atoms with E-state index in [4.69, 9.17) is 11.6 Å². The summed E-state index contributed by atoms with van der Waals surface area (Å²) < 4.78 is 42.0. The monoisotopic (exact) mass is 421 g/mol. The van der Waals surface area contributed by atoms with Crippen molar-refractivity contribution in [3.05, 3.63) is 71.1 Å². The first-order valence-electron chi connectivity index (χ1n) is 8.71. The first kappa shape index (κ1) is 19.3. The Morgan fingerprint density at radius 1 is 1.24 bits per heavy atom. The standard InChI is InChI=1S/C19H15ClF3N5O/c20-12-5-3-11(4-6-12)14-8-16(19(21,22)23)28-17(26-14)9-15(27-28)18(29)25-13-2-1-7-24-10-13/h1-7,9-10,14,16,26H,8H2,(H,25,29)/t14-,16-/m0/s1. The Kier molecular flexibility index (Phi) is 4.91. The van der Waals surface area contributed by atoms with Crippen molar-refractivity contribution in [1.82, 2.24) is 14.8 Å². The maximum atomic E-state index is 13.7. The van der Waals surface area contributed by atoms with E-state index in [-0.39, 0.29) is 17.9 Å². The van der Waals surface area contributed by atoms with Crippen LogP contribution in [0.4, 0.5) is 24.7 Å². The number of carbonyl (C=O) groups is 1. The fraction of sp³-hybridized carbons (Fsp3) is 0.211. The molecule has 0 unspecified atom stereocenters. The van der Waals surface area contributed by atoms with Crippen LogP contribution in [0.15, 0.2) is 54.9 Å². The van der Waals surface area contributed by atoms with Gasteiger partial charge < -0.3 is 10.6 Å². The van der Waals surface area contributed by atoms with Gasteiger partial charge in [0.1, 0.15) is 5.82 Å². The van der Waals surface area contributed by atoms with E-state index in [0.29, 0.717) is 16.3 Å². The van der Waals surface area contributed by atoms with E-state index in [2.05, 4.69) is 20.7 Å². The molecule has 0 aliphatic carbocycles. The molecule has 10 heteroatoms. The molecule has 1 amide bonds. The Morgan fingerprint density at radius 2 is 2.00 bits per heavy atom. The Morgan fingerprint density at radius 3 is 2.66 bits per heavy atom. The molecule has 0 saturated heterocycles. The lowest BCUT2D eigenvalue weighted by Gasteiger charge is -2.33. The number of anilines is 2. The Bertz CT molecular complexity index is 1020. The van der Waals surface area contributed by atoms with Crippen LogP contribution in [0.5, 0.6) is 0 Å². The summed E-state index contributed by atoms with van der Waals surface area (Å²) in [6.07, 6.45) is -1.81. The number of alkyl halides is 3. The molecule has 0 saturated carbocycles. The van der Waals surface area contributed by atoms with Crippen molar-refractivity contribution >= 4 is 29.0 Å². The van der Waals surface area contributed by atoms with Gasteiger partial charge in [0.05, 0.1) is 17.9 Å². The van der Waals surface area contributed by atoms with Gasteiger partial charge in [-0.3, -0.25) is 9.78 Å². The van der Waals surface area contributed by atoms with Gasteiger partial charge in [0.2, 0.25) is 0 Å². The average Bonchev–Trinajstić information content (AvgIpc) is 3.12. The molecule has 1 aliphatic rings. The number of rotatable bonds is 3. The normalized spacial score (nSPS) is 18.6. The number of fused-ring (bicyclic) bond motifs is 1. The van der Waals surface area contributed by atoms with Crippen molar-refractivity contribution in [2.75, 3.05) is 10.6 Å². The zero-order valence-electron chi connectivity index (χ0n) is 14.8. The highest BCUT2D eigenvalue weighted by atomic mass is 35.5. The van der Waals surface area contributed by atoms with Crippen LogP contribution >= 0.6 is 11.6 Å². The minimum absolute atomic E-state index is 0.120. The number of hydrogen-bond donors (Lipinski definition) is 2. The number of nitrogens with one attached hydrogen (secondary N) is 2. The topological polar surface area (TPSA) is 71.8 Å². The number of aromatic nitrogens is 3. The third-order valence-corrected chi connectivity index (χ3v) is 4.87. The van der Waals surface area contributed by atoms with Crippen molar-refractivity contribution in [3.8, 4) is 0 Å². The summed E-state index contributed by atoms with van der Waals surface area (Å²) in [5.41, 5.74) is 0.961. The molecular weight excluding hydrogens is 407 g/mol. The van der Waals surface area contributed by atoms with E-state index in [9.17, 15) is 18.0 Å². The third kappa shape index (κ3) is 4.04. The van der Waals surface area contributed by atoms with Gasteiger partial charge in [-0.25, -0.2) is 4.68 Å². The van der Waals surface area contributed by atoms with Crippen LogP contribution in [0.3, 0.4) is 0 Å². The van der Waals surface area contributed by atoms with Gasteiger partial charge in [0.15, 0.2) is 11.7 Å². The summed E-state index contributed by atoms with van der Waals surface area (Å²) in [5, 5.41) is 10.0. The molecular formula is C19H15ClF3N5O. The number of halogens is 4. The van der Waals surface area contributed by atoms with E-state index in [1.807, 2.05) is 0 Å². The Labute approximate surface area is 168 Å². The number of carbonyl (C=O) groups excluding carboxylic acids is 1. The molecule has 6 nitrogen and oxygen atoms in total. The van der Waals surface area contributed by atoms with E-state index in [1.165, 1.54) is 12.3 Å². The largest absolute Gasteiger partial charge is 0.410 e. The summed E-state index contributed by atoms with van der Waals surface area (Å²) >= 11 is 5.87. The molecule has 0 fully saturated rings. The van der Waals surface area contributed by atoms with Gasteiger partial charge in [-0.2, -0.15) is 18.3 Å². The minimum Gasteiger partial charge on any atom is -0.363 e. The number of pyridine rings is 1. The molecule has 1 aromatic carbocycles. The second-order valence-electron chi connectivity index (χ2n) is 6.60. The molecule has 3 aromatic rings. The van der Waals surface area contributed by atoms with E-state index >= 15 is 0 Å². The maximum absolute atomic E-state index is 13.7. The predicted octanol–water partition coefficient (Wildman–Crippen LogP) is 4.84. The van der Waals surface area contributed by atoms with E-state index in [1.54, 1.807) is 42.6 Å². The molecule has 4 rings (SSSR count). The van der Waals surface area contributed by atoms with Crippen LogP contribution in [0.1, 0.15) is 34.6 Å². The fourth-order valence-electron chi connectivity index (χ4n) is 3.23. The molecule has 0 spiro atoms. The fourth-order valence-corrected chi connectivity index (χ4v) is 3.36. The Hall–Kier alpha value is -3.07. The summed E-state index contributed by atoms with van der Waals surface area (Å²) in [6, 6.07) is 8.70. The molecule has 1 aliphatic heterocycles. The third-order valence-electron chi connectivity index (χ3n) is 4.61. The number of amides is 1. The summed E-state index contributed by atoms with van der Waals surface area (Å²) in [6.45, 7) is 0. The highest BCUT2D eigenvalue weighted by Gasteiger charge is 2.46. The number of hydrogen-bond acceptors (Lipinski definition) is 4. The van der Waals surface area contributed by atoms with Gasteiger partial charge >= 0.3 is 6.18 Å². The lowest BCUT2D eigenvalue weighted by atomic mass is 9.97. The first-order chi connectivity index (χ1) is 13.8. The van der Waals surface area contributed by atoms with Crippen molar-refractivity contribution in [1.29, 1.82) is 0 Å². The quantitative estimate of drug-likeness (QED) is 0.634. The van der Waals surface area contributed by atoms with Gasteiger partial charge in [-0.1, -0.05) is 23.7 Å². The molecule has 2 atom stereocenters. The molecule has 2 aromatic heterocycles. The SMILES string of the molecule is O=C(Nc1cccnc1)c1cc2n(n1)[C@H](C(F)(F)F)C[C@@H](c1ccc(Cl)cc1)N2. The summed E-state index contributed by atoms with van der Waals surface area (Å²) in [4.78, 5) is 16.3. The second-order valence-corrected chi connectivity index (χ2v) is 7.03. The van der Waals surface area contributed by atoms with Crippen molar-refractivity contribution in [2.45, 2.75) is 24.7 Å². The summed E-state index contributed by atoms with van der Waals surface area (Å²) in [7, 11) is 0. The van der Waals surface area contributed by atoms with Crippen LogP contribution in [0.2, 0.25) is 5.02 Å². The summed E-state index contributed by atoms with van der Waals surface area (Å²) in [5.74, 6) is -0.500. The van der Waals surface area contributed by atoms with Crippen molar-refractivity contribution in [2.24, 2.45) is 0 Å². The van der Waals surface area contributed by atoms with Gasteiger partial charge in [-0.15, -0.1) is 0 Å². The zero-order chi connectivity index (χ0) is 20.6. The highest BCUT2D eigenvalue weighted by molar-refractivity contribution is 6.30. The van der Waals surface area contributed by atoms with Gasteiger partial charge in [0.25, 0.3) is 5.91 Å². The van der Waals surface area contributed by atoms with Gasteiger partial charge in [0, 0.05) is 23.7 Å². The molecule has 2 N–H and O–H groups in total. The smallest absolute Gasteiger partial charge is 0.363 e. The maximum Gasteiger partial charge on any atom is 0.410 e. The molecule has 3 heterocycles. The Balaban J connectivity index is 1.65. The molecule has 0 radical (unpaired) electrons. The number of nitrogens with zero attached hydrogens (tertiary/aromatic N) is 3. The molecule has 29 heavy (non-hydrogen) atoms. The lowest BCUT2D eigenvalue weighted by molar-refractivity contribution is -0.173. The second kappa shape index (κ2) is 7.40. The van der Waals surface area contributed by atoms with Crippen LogP contribution in [0.25, 0.3) is 0 Å². The molecule has 0 bridgehead atoms. The van der Waals surface area contributed by atoms with Crippen LogP contribution < -0.4 is 10.6 Å².